The predicted molar refractivity (Wildman–Crippen MR) is 92.7 cm³/mol. The Morgan fingerprint density at radius 1 is 1.28 bits per heavy atom. The maximum Gasteiger partial charge on any atom is 0.253 e. The number of hydrazine groups is 1. The maximum atomic E-state index is 12.1. The number of nitriles is 1. The third-order valence-electron chi connectivity index (χ3n) is 3.98. The molecule has 5 N–H and O–H groups in total. The van der Waals surface area contributed by atoms with Crippen LogP contribution in [-0.4, -0.2) is 47.9 Å². The fourth-order valence-electron chi connectivity index (χ4n) is 2.20. The van der Waals surface area contributed by atoms with E-state index in [4.69, 9.17) is 16.8 Å². The third kappa shape index (κ3) is 4.28. The Hall–Kier alpha value is -3.05. The summed E-state index contributed by atoms with van der Waals surface area (Å²) in [4.78, 5) is 25.4. The lowest BCUT2D eigenvalue weighted by Gasteiger charge is -2.20. The molecule has 8 nitrogen and oxygen atoms in total. The minimum Gasteiger partial charge on any atom is -0.399 e. The number of amides is 2. The van der Waals surface area contributed by atoms with Crippen LogP contribution in [0.15, 0.2) is 36.2 Å². The van der Waals surface area contributed by atoms with E-state index < -0.39 is 5.54 Å². The minimum atomic E-state index is -0.663. The molecule has 0 heterocycles. The highest BCUT2D eigenvalue weighted by Crippen LogP contribution is 2.39. The molecule has 2 rings (SSSR count). The van der Waals surface area contributed by atoms with Gasteiger partial charge >= 0.3 is 0 Å². The summed E-state index contributed by atoms with van der Waals surface area (Å²) in [6.07, 6.45) is 2.87. The molecule has 2 amide bonds. The van der Waals surface area contributed by atoms with Crippen LogP contribution in [0.4, 0.5) is 0 Å². The van der Waals surface area contributed by atoms with Gasteiger partial charge in [-0.05, 0) is 37.1 Å². The van der Waals surface area contributed by atoms with Crippen LogP contribution in [0.5, 0.6) is 0 Å². The molecule has 0 aliphatic heterocycles. The second kappa shape index (κ2) is 7.23. The zero-order valence-corrected chi connectivity index (χ0v) is 14.3. The number of nitrogens with zero attached hydrogens (tertiary/aromatic N) is 3. The van der Waals surface area contributed by atoms with Crippen LogP contribution >= 0.6 is 0 Å². The largest absolute Gasteiger partial charge is 0.399 e. The van der Waals surface area contributed by atoms with Crippen molar-refractivity contribution in [1.29, 1.82) is 5.26 Å². The van der Waals surface area contributed by atoms with Crippen molar-refractivity contribution in [2.45, 2.75) is 18.4 Å². The lowest BCUT2D eigenvalue weighted by atomic mass is 10.1. The van der Waals surface area contributed by atoms with Gasteiger partial charge in [0, 0.05) is 37.1 Å². The molecule has 1 saturated carbocycles. The second-order valence-corrected chi connectivity index (χ2v) is 6.21. The van der Waals surface area contributed by atoms with Gasteiger partial charge in [0.1, 0.15) is 5.54 Å². The van der Waals surface area contributed by atoms with Gasteiger partial charge in [0.25, 0.3) is 11.8 Å². The van der Waals surface area contributed by atoms with Gasteiger partial charge in [-0.2, -0.15) is 5.26 Å². The zero-order valence-electron chi connectivity index (χ0n) is 14.3. The second-order valence-electron chi connectivity index (χ2n) is 6.21. The SMILES string of the molecule is CN(C)C(=O)c1ccc(C(=O)NC/C(N)=C/N(N)C2(C#N)CC2)cc1. The average Bonchev–Trinajstić information content (AvgIpc) is 3.40. The Balaban J connectivity index is 1.92. The lowest BCUT2D eigenvalue weighted by Crippen LogP contribution is -2.39. The fourth-order valence-corrected chi connectivity index (χ4v) is 2.20. The summed E-state index contributed by atoms with van der Waals surface area (Å²) in [7, 11) is 3.33. The molecule has 0 bridgehead atoms. The predicted octanol–water partition coefficient (Wildman–Crippen LogP) is 0.150. The van der Waals surface area contributed by atoms with E-state index in [1.807, 2.05) is 0 Å². The number of hydrogen-bond donors (Lipinski definition) is 3. The van der Waals surface area contributed by atoms with Crippen LogP contribution < -0.4 is 16.9 Å². The van der Waals surface area contributed by atoms with Crippen molar-refractivity contribution in [1.82, 2.24) is 15.2 Å². The summed E-state index contributed by atoms with van der Waals surface area (Å²) in [6.45, 7) is 0.104. The first-order valence-electron chi connectivity index (χ1n) is 7.80. The van der Waals surface area contributed by atoms with Crippen LogP contribution in [-0.2, 0) is 0 Å². The van der Waals surface area contributed by atoms with E-state index in [2.05, 4.69) is 11.4 Å². The molecule has 25 heavy (non-hydrogen) atoms. The third-order valence-corrected chi connectivity index (χ3v) is 3.98. The van der Waals surface area contributed by atoms with Crippen LogP contribution in [0.3, 0.4) is 0 Å². The Morgan fingerprint density at radius 2 is 1.84 bits per heavy atom. The molecular formula is C17H22N6O2. The van der Waals surface area contributed by atoms with E-state index in [1.54, 1.807) is 38.4 Å². The molecule has 0 unspecified atom stereocenters. The summed E-state index contributed by atoms with van der Waals surface area (Å²) < 4.78 is 0. The standard InChI is InChI=1S/C17H22N6O2/c1-22(2)16(25)13-5-3-12(4-6-13)15(24)21-9-14(19)10-23(20)17(11-18)7-8-17/h3-6,10H,7-9,19-20H2,1-2H3,(H,21,24)/b14-10-. The molecule has 0 aromatic heterocycles. The monoisotopic (exact) mass is 342 g/mol. The lowest BCUT2D eigenvalue weighted by molar-refractivity contribution is 0.0826. The van der Waals surface area contributed by atoms with E-state index in [-0.39, 0.29) is 18.4 Å². The highest BCUT2D eigenvalue weighted by Gasteiger charge is 2.47. The zero-order chi connectivity index (χ0) is 18.6. The first-order chi connectivity index (χ1) is 11.8. The normalized spacial score (nSPS) is 15.0. The maximum absolute atomic E-state index is 12.1. The molecule has 8 heteroatoms. The molecule has 1 fully saturated rings. The molecule has 1 aromatic carbocycles. The molecule has 0 spiro atoms. The molecule has 1 aliphatic rings. The van der Waals surface area contributed by atoms with E-state index in [0.29, 0.717) is 29.7 Å². The van der Waals surface area contributed by atoms with Gasteiger partial charge < -0.3 is 16.0 Å². The minimum absolute atomic E-state index is 0.104. The van der Waals surface area contributed by atoms with Crippen molar-refractivity contribution >= 4 is 11.8 Å². The number of nitrogens with two attached hydrogens (primary N) is 2. The summed E-state index contributed by atoms with van der Waals surface area (Å²) in [5.41, 5.74) is 6.45. The number of hydrogen-bond acceptors (Lipinski definition) is 6. The van der Waals surface area contributed by atoms with Crippen molar-refractivity contribution in [2.75, 3.05) is 20.6 Å². The first kappa shape index (κ1) is 18.3. The highest BCUT2D eigenvalue weighted by molar-refractivity contribution is 5.97. The summed E-state index contributed by atoms with van der Waals surface area (Å²) in [5.74, 6) is 5.37. The van der Waals surface area contributed by atoms with Crippen molar-refractivity contribution in [3.8, 4) is 6.07 Å². The van der Waals surface area contributed by atoms with Crippen LogP contribution in [0.2, 0.25) is 0 Å². The van der Waals surface area contributed by atoms with Crippen molar-refractivity contribution in [2.24, 2.45) is 11.6 Å². The Labute approximate surface area is 146 Å². The van der Waals surface area contributed by atoms with E-state index >= 15 is 0 Å². The van der Waals surface area contributed by atoms with E-state index in [9.17, 15) is 9.59 Å². The van der Waals surface area contributed by atoms with Crippen LogP contribution in [0.25, 0.3) is 0 Å². The Kier molecular flexibility index (Phi) is 5.29. The molecule has 1 aromatic rings. The van der Waals surface area contributed by atoms with Crippen molar-refractivity contribution in [3.63, 3.8) is 0 Å². The number of carbonyl (C=O) groups is 2. The van der Waals surface area contributed by atoms with Crippen LogP contribution in [0.1, 0.15) is 33.6 Å². The molecule has 132 valence electrons. The molecule has 1 aliphatic carbocycles. The molecule has 0 atom stereocenters. The van der Waals surface area contributed by atoms with Crippen molar-refractivity contribution < 1.29 is 9.59 Å². The molecular weight excluding hydrogens is 320 g/mol. The fraction of sp³-hybridized carbons (Fsp3) is 0.353. The molecule has 0 saturated heterocycles. The number of carbonyl (C=O) groups excluding carboxylic acids is 2. The topological polar surface area (TPSA) is 128 Å². The molecule has 0 radical (unpaired) electrons. The van der Waals surface area contributed by atoms with E-state index in [1.165, 1.54) is 16.1 Å². The number of benzene rings is 1. The summed E-state index contributed by atoms with van der Waals surface area (Å²) in [6, 6.07) is 8.51. The van der Waals surface area contributed by atoms with E-state index in [0.717, 1.165) is 0 Å². The smallest absolute Gasteiger partial charge is 0.253 e. The Bertz CT molecular complexity index is 729. The van der Waals surface area contributed by atoms with Gasteiger partial charge in [-0.1, -0.05) is 0 Å². The summed E-state index contributed by atoms with van der Waals surface area (Å²) in [5, 5.41) is 13.0. The highest BCUT2D eigenvalue weighted by atomic mass is 16.2. The first-order valence-corrected chi connectivity index (χ1v) is 7.80. The van der Waals surface area contributed by atoms with Gasteiger partial charge in [-0.15, -0.1) is 0 Å². The van der Waals surface area contributed by atoms with Gasteiger partial charge in [-0.25, -0.2) is 5.84 Å². The number of rotatable bonds is 6. The van der Waals surface area contributed by atoms with Gasteiger partial charge in [0.2, 0.25) is 0 Å². The Morgan fingerprint density at radius 3 is 2.32 bits per heavy atom. The van der Waals surface area contributed by atoms with Gasteiger partial charge in [0.05, 0.1) is 12.6 Å². The van der Waals surface area contributed by atoms with Crippen LogP contribution in [0, 0.1) is 11.3 Å². The average molecular weight is 342 g/mol. The quantitative estimate of drug-likeness (QED) is 0.498. The number of nitrogens with one attached hydrogen (secondary N) is 1. The van der Waals surface area contributed by atoms with Gasteiger partial charge in [0.15, 0.2) is 0 Å². The van der Waals surface area contributed by atoms with Gasteiger partial charge in [-0.3, -0.25) is 14.6 Å². The summed E-state index contributed by atoms with van der Waals surface area (Å²) >= 11 is 0. The van der Waals surface area contributed by atoms with Crippen molar-refractivity contribution in [3.05, 3.63) is 47.3 Å².